The second-order valence-corrected chi connectivity index (χ2v) is 11.9. The van der Waals surface area contributed by atoms with E-state index >= 15 is 0 Å². The number of hydrogen-bond acceptors (Lipinski definition) is 5. The van der Waals surface area contributed by atoms with Gasteiger partial charge in [-0.3, -0.25) is 0 Å². The minimum absolute atomic E-state index is 0. The van der Waals surface area contributed by atoms with Crippen LogP contribution in [0.4, 0.5) is 17.6 Å². The van der Waals surface area contributed by atoms with Gasteiger partial charge in [0.25, 0.3) is 0 Å². The summed E-state index contributed by atoms with van der Waals surface area (Å²) in [5.41, 5.74) is 0.0972. The zero-order chi connectivity index (χ0) is 36.1. The van der Waals surface area contributed by atoms with Crippen molar-refractivity contribution in [2.45, 2.75) is 153 Å². The van der Waals surface area contributed by atoms with Crippen molar-refractivity contribution >= 4 is 0 Å². The molecule has 9 heteroatoms. The van der Waals surface area contributed by atoms with Crippen LogP contribution in [0.1, 0.15) is 135 Å². The second-order valence-electron chi connectivity index (χ2n) is 11.9. The van der Waals surface area contributed by atoms with Crippen molar-refractivity contribution in [2.24, 2.45) is 17.3 Å². The van der Waals surface area contributed by atoms with Crippen LogP contribution in [0.2, 0.25) is 0 Å². The van der Waals surface area contributed by atoms with E-state index in [-0.39, 0.29) is 12.8 Å². The van der Waals surface area contributed by atoms with E-state index in [1.54, 1.807) is 21.3 Å². The molecule has 44 heavy (non-hydrogen) atoms. The van der Waals surface area contributed by atoms with Crippen molar-refractivity contribution in [3.05, 3.63) is 0 Å². The van der Waals surface area contributed by atoms with Crippen molar-refractivity contribution in [3.63, 3.8) is 0 Å². The highest BCUT2D eigenvalue weighted by Crippen LogP contribution is 2.43. The lowest BCUT2D eigenvalue weighted by molar-refractivity contribution is 0.0113. The lowest BCUT2D eigenvalue weighted by Gasteiger charge is -1.94. The molecule has 0 saturated heterocycles. The molecule has 1 atom stereocenters. The predicted octanol–water partition coefficient (Wildman–Crippen LogP) is 11.7. The minimum Gasteiger partial charge on any atom is -0.388 e. The maximum atomic E-state index is 11.2. The first-order valence-corrected chi connectivity index (χ1v) is 15.7. The quantitative estimate of drug-likeness (QED) is 0.284. The summed E-state index contributed by atoms with van der Waals surface area (Å²) in [5, 5.41) is 8.22. The highest BCUT2D eigenvalue weighted by molar-refractivity contribution is 5.06. The topological polar surface area (TPSA) is 54.7 Å². The van der Waals surface area contributed by atoms with Gasteiger partial charge in [-0.15, -0.1) is 0 Å². The van der Waals surface area contributed by atoms with Gasteiger partial charge in [0.1, 0.15) is 0 Å². The van der Waals surface area contributed by atoms with Crippen LogP contribution in [-0.4, -0.2) is 79.5 Å². The molecule has 3 fully saturated rings. The van der Waals surface area contributed by atoms with Gasteiger partial charge in [-0.25, -0.2) is 17.6 Å². The highest BCUT2D eigenvalue weighted by atomic mass is 19.3. The Morgan fingerprint density at radius 3 is 1.09 bits per heavy atom. The van der Waals surface area contributed by atoms with E-state index in [9.17, 15) is 17.6 Å². The number of nitriles is 1. The summed E-state index contributed by atoms with van der Waals surface area (Å²) in [5.74, 6) is -0.282. The first kappa shape index (κ1) is 62.0. The normalized spacial score (nSPS) is 14.7. The van der Waals surface area contributed by atoms with Crippen molar-refractivity contribution < 1.29 is 31.8 Å². The first-order chi connectivity index (χ1) is 19.6. The Bertz CT molecular complexity index is 478. The molecular formula is C35H80F4N2O3. The predicted molar refractivity (Wildman–Crippen MR) is 187 cm³/mol. The summed E-state index contributed by atoms with van der Waals surface area (Å²) >= 11 is 0. The Kier molecular flexibility index (Phi) is 65.4. The maximum Gasteiger partial charge on any atom is 0.242 e. The van der Waals surface area contributed by atoms with E-state index in [1.807, 2.05) is 39.9 Å². The fourth-order valence-corrected chi connectivity index (χ4v) is 0.992. The molecule has 0 aromatic carbocycles. The van der Waals surface area contributed by atoms with Crippen LogP contribution in [0.5, 0.6) is 0 Å². The Morgan fingerprint density at radius 2 is 1.09 bits per heavy atom. The molecule has 0 bridgehead atoms. The van der Waals surface area contributed by atoms with Crippen LogP contribution >= 0.6 is 0 Å². The van der Waals surface area contributed by atoms with Gasteiger partial charge in [0.05, 0.1) is 17.7 Å². The zero-order valence-corrected chi connectivity index (χ0v) is 31.8. The van der Waals surface area contributed by atoms with Crippen LogP contribution < -0.4 is 0 Å². The summed E-state index contributed by atoms with van der Waals surface area (Å²) in [7, 11) is 12.3. The largest absolute Gasteiger partial charge is 0.388 e. The van der Waals surface area contributed by atoms with E-state index in [4.69, 9.17) is 5.26 Å². The van der Waals surface area contributed by atoms with Gasteiger partial charge >= 0.3 is 0 Å². The van der Waals surface area contributed by atoms with Gasteiger partial charge in [0, 0.05) is 35.0 Å². The Balaban J connectivity index is -0.0000000548. The summed E-state index contributed by atoms with van der Waals surface area (Å²) in [6, 6.07) is 2.22. The summed E-state index contributed by atoms with van der Waals surface area (Å²) in [6.45, 7) is 19.6. The summed E-state index contributed by atoms with van der Waals surface area (Å²) in [6.07, 6.45) is 9.11. The highest BCUT2D eigenvalue weighted by Gasteiger charge is 2.37. The van der Waals surface area contributed by atoms with Crippen LogP contribution in [0.15, 0.2) is 0 Å². The van der Waals surface area contributed by atoms with Gasteiger partial charge in [0.15, 0.2) is 6.36 Å². The van der Waals surface area contributed by atoms with E-state index in [0.29, 0.717) is 0 Å². The van der Waals surface area contributed by atoms with Crippen molar-refractivity contribution in [3.8, 4) is 6.07 Å². The fraction of sp³-hybridized carbons (Fsp3) is 0.971. The van der Waals surface area contributed by atoms with Crippen molar-refractivity contribution in [2.75, 3.05) is 56.2 Å². The number of hydrogen-bond donors (Lipinski definition) is 0. The average Bonchev–Trinajstić information content (AvgIpc) is 3.72. The van der Waals surface area contributed by atoms with Gasteiger partial charge < -0.3 is 19.1 Å². The Hall–Kier alpha value is -0.950. The SMILES string of the molecule is C.CC(C)(F)F.CC(C)F.CC1(C#N)CC1.CC1CC1.CCC.CCC1CC1.CCOC.CN(C)C.COC.COC(C)F. The van der Waals surface area contributed by atoms with Crippen LogP contribution in [0, 0.1) is 28.6 Å². The van der Waals surface area contributed by atoms with Crippen LogP contribution in [-0.2, 0) is 14.2 Å². The standard InChI is InChI=1S/C5H7N.C5H10.C4H8.C3H6F2.C3H7FO.C3H7F.C3H9N.C3H8O.C3H8.C2H6O.CH4/c1-5(4-6)2-3-5;1-2-5-3-4-5;1-4-2-3-4;1-3(2,4)5;1-3(4)5-2;1-3(2)4;1-4(2)3;1-3-4-2;2*1-3-2;/h2-3H2,1H3;5H,2-4H2,1H3;4H,2-3H2,1H3;1-2H3;3H,1-2H3;3H,1-2H3;1-3H3;3H2,1-2H3;3H2,1-2H3;1-2H3;1H4. The molecule has 5 nitrogen and oxygen atoms in total. The molecule has 3 rings (SSSR count). The Morgan fingerprint density at radius 1 is 0.886 bits per heavy atom. The number of alkyl halides is 4. The minimum atomic E-state index is -2.50. The third-order valence-corrected chi connectivity index (χ3v) is 4.02. The monoisotopic (exact) mass is 653 g/mol. The molecule has 0 spiro atoms. The molecule has 0 radical (unpaired) electrons. The summed E-state index contributed by atoms with van der Waals surface area (Å²) in [4.78, 5) is 2.00. The average molecular weight is 653 g/mol. The molecule has 0 aliphatic heterocycles. The number of ether oxygens (including phenoxy) is 3. The second kappa shape index (κ2) is 46.5. The zero-order valence-electron chi connectivity index (χ0n) is 31.8. The molecule has 0 aromatic rings. The number of nitrogens with zero attached hydrogens (tertiary/aromatic N) is 2. The van der Waals surface area contributed by atoms with E-state index in [1.165, 1.54) is 66.4 Å². The molecule has 1 unspecified atom stereocenters. The van der Waals surface area contributed by atoms with Gasteiger partial charge in [-0.2, -0.15) is 5.26 Å². The van der Waals surface area contributed by atoms with E-state index < -0.39 is 18.5 Å². The van der Waals surface area contributed by atoms with Gasteiger partial charge in [-0.1, -0.05) is 73.6 Å². The van der Waals surface area contributed by atoms with Gasteiger partial charge in [-0.05, 0) is 94.3 Å². The molecule has 0 N–H and O–H groups in total. The van der Waals surface area contributed by atoms with Crippen molar-refractivity contribution in [1.29, 1.82) is 5.26 Å². The Labute approximate surface area is 274 Å². The lowest BCUT2D eigenvalue weighted by atomic mass is 10.2. The third kappa shape index (κ3) is 202. The van der Waals surface area contributed by atoms with E-state index in [2.05, 4.69) is 48.0 Å². The smallest absolute Gasteiger partial charge is 0.242 e. The number of methoxy groups -OCH3 is 3. The number of halogens is 4. The third-order valence-electron chi connectivity index (χ3n) is 4.02. The molecular weight excluding hydrogens is 572 g/mol. The van der Waals surface area contributed by atoms with Crippen molar-refractivity contribution in [1.82, 2.24) is 4.90 Å². The summed E-state index contributed by atoms with van der Waals surface area (Å²) < 4.78 is 57.1. The lowest BCUT2D eigenvalue weighted by Crippen LogP contribution is -1.99. The first-order valence-electron chi connectivity index (χ1n) is 15.7. The fourth-order valence-electron chi connectivity index (χ4n) is 0.992. The van der Waals surface area contributed by atoms with Gasteiger partial charge in [0.2, 0.25) is 5.92 Å². The maximum absolute atomic E-state index is 11.2. The number of rotatable bonds is 3. The van der Waals surface area contributed by atoms with E-state index in [0.717, 1.165) is 45.1 Å². The molecule has 3 aliphatic rings. The molecule has 0 amide bonds. The molecule has 276 valence electrons. The van der Waals surface area contributed by atoms with Crippen LogP contribution in [0.3, 0.4) is 0 Å². The molecule has 0 aromatic heterocycles. The molecule has 0 heterocycles. The molecule has 3 saturated carbocycles. The van der Waals surface area contributed by atoms with Crippen LogP contribution in [0.25, 0.3) is 0 Å². The molecule has 3 aliphatic carbocycles.